The van der Waals surface area contributed by atoms with Crippen LogP contribution in [0.4, 0.5) is 11.4 Å². The first-order chi connectivity index (χ1) is 63.1. The number of phenols is 4. The van der Waals surface area contributed by atoms with Crippen molar-refractivity contribution in [2.75, 3.05) is 26.6 Å². The zero-order valence-electron chi connectivity index (χ0n) is 76.2. The zero-order chi connectivity index (χ0) is 92.8. The number of azo groups is 1. The lowest BCUT2D eigenvalue weighted by atomic mass is 9.79. The Morgan fingerprint density at radius 1 is 0.450 bits per heavy atom. The third-order valence-corrected chi connectivity index (χ3v) is 22.9. The van der Waals surface area contributed by atoms with Crippen LogP contribution >= 0.6 is 11.8 Å². The largest absolute Gasteiger partial charge is 0.507 e. The molecule has 0 spiro atoms. The van der Waals surface area contributed by atoms with Crippen molar-refractivity contribution in [3.05, 3.63) is 379 Å². The van der Waals surface area contributed by atoms with Gasteiger partial charge in [-0.3, -0.25) is 9.79 Å². The molecule has 17 rings (SSSR count). The third-order valence-electron chi connectivity index (χ3n) is 22.0. The minimum Gasteiger partial charge on any atom is -0.507 e. The highest BCUT2D eigenvalue weighted by molar-refractivity contribution is 7.98. The van der Waals surface area contributed by atoms with Gasteiger partial charge in [0.15, 0.2) is 5.78 Å². The minimum absolute atomic E-state index is 0.0156. The number of nitrogens with one attached hydrogen (secondary N) is 2. The first kappa shape index (κ1) is 93.5. The number of fused-ring (bicyclic) bond motifs is 2. The third kappa shape index (κ3) is 23.6. The molecule has 662 valence electrons. The second kappa shape index (κ2) is 43.1. The number of phenolic OH excluding ortho intramolecular Hbond substituents is 4. The predicted octanol–water partition coefficient (Wildman–Crippen LogP) is 28.5. The topological polar surface area (TPSA) is 242 Å². The molecule has 0 aliphatic heterocycles. The number of benzene rings is 14. The molecule has 17 aromatic rings. The van der Waals surface area contributed by atoms with Crippen molar-refractivity contribution in [2.45, 2.75) is 103 Å². The number of aromatic amines is 2. The summed E-state index contributed by atoms with van der Waals surface area (Å²) in [5, 5.41) is 51.4. The molecule has 0 aliphatic rings. The average molecular weight is 1760 g/mol. The van der Waals surface area contributed by atoms with Gasteiger partial charge in [0.1, 0.15) is 63.2 Å². The number of hydrogen-bond donors (Lipinski definition) is 6. The molecule has 3 aromatic heterocycles. The van der Waals surface area contributed by atoms with Gasteiger partial charge in [-0.2, -0.15) is 0 Å². The number of hydrogen-bond acceptors (Lipinski definition) is 15. The number of ketones is 1. The molecule has 3 heterocycles. The number of aromatic hydroxyl groups is 4. The lowest BCUT2D eigenvalue weighted by Gasteiger charge is -2.27. The van der Waals surface area contributed by atoms with Crippen LogP contribution in [0.1, 0.15) is 124 Å². The fourth-order valence-electron chi connectivity index (χ4n) is 14.9. The summed E-state index contributed by atoms with van der Waals surface area (Å²) in [5.41, 5.74) is 19.2. The Labute approximate surface area is 771 Å². The quantitative estimate of drug-likeness (QED) is 0.00983. The number of Topliss-reactive ketones (excluding diaryl/α,β-unsaturated/α-hetero) is 1. The number of thioether (sulfide) groups is 1. The molecule has 0 fully saturated rings. The van der Waals surface area contributed by atoms with Crippen LogP contribution in [0.5, 0.6) is 34.5 Å². The first-order valence-electron chi connectivity index (χ1n) is 43.5. The van der Waals surface area contributed by atoms with Crippen LogP contribution in [-0.2, 0) is 34.6 Å². The molecule has 0 radical (unpaired) electrons. The summed E-state index contributed by atoms with van der Waals surface area (Å²) in [4.78, 5) is 46.6. The van der Waals surface area contributed by atoms with Gasteiger partial charge in [0.05, 0.1) is 66.3 Å². The second-order valence-electron chi connectivity index (χ2n) is 34.4. The van der Waals surface area contributed by atoms with E-state index in [1.807, 2.05) is 224 Å². The van der Waals surface area contributed by atoms with Crippen LogP contribution in [-0.4, -0.2) is 89.5 Å². The summed E-state index contributed by atoms with van der Waals surface area (Å²) >= 11 is 1.73. The van der Waals surface area contributed by atoms with E-state index in [2.05, 4.69) is 183 Å². The van der Waals surface area contributed by atoms with Crippen LogP contribution in [0.15, 0.2) is 360 Å². The first-order valence-corrected chi connectivity index (χ1v) is 44.7. The van der Waals surface area contributed by atoms with E-state index in [1.165, 1.54) is 42.2 Å². The SMILES string of the molecule is CC(=O)c1cc(C(C)(C)C)cc(-c2cccc3ccccc23)c1O.COC(=O)c1cc2ccccc2n1C.CSc1ccccc1CN=Cc1cc(C(C)(C)C)cc(C(C)(C)C)c1O.Oc1ccccc1N=Nc1ccccc1O.c1ccc(-c2nc(-c3ccccc3OCCCOc3ccccc3-c3nc(-c4ccccc4)c(-c4ccccc4)[nH]3)[nH]c2-c2ccccc2)cc1. The molecule has 0 bridgehead atoms. The van der Waals surface area contributed by atoms with Crippen LogP contribution in [0.3, 0.4) is 0 Å². The maximum Gasteiger partial charge on any atom is 0.354 e. The van der Waals surface area contributed by atoms with Crippen LogP contribution in [0.25, 0.3) is 101 Å². The highest BCUT2D eigenvalue weighted by Crippen LogP contribution is 2.44. The van der Waals surface area contributed by atoms with E-state index < -0.39 is 0 Å². The van der Waals surface area contributed by atoms with Gasteiger partial charge in [-0.05, 0) is 147 Å². The number of aliphatic imine (C=N–C) groups is 1. The van der Waals surface area contributed by atoms with Crippen molar-refractivity contribution in [3.63, 3.8) is 0 Å². The molecule has 131 heavy (non-hydrogen) atoms. The smallest absolute Gasteiger partial charge is 0.354 e. The molecular formula is C113H110N8O9S. The van der Waals surface area contributed by atoms with Crippen LogP contribution in [0.2, 0.25) is 0 Å². The molecular weight excluding hydrogens is 1650 g/mol. The monoisotopic (exact) mass is 1750 g/mol. The van der Waals surface area contributed by atoms with Crippen molar-refractivity contribution in [1.82, 2.24) is 24.5 Å². The summed E-state index contributed by atoms with van der Waals surface area (Å²) < 4.78 is 19.2. The van der Waals surface area contributed by atoms with Gasteiger partial charge in [-0.15, -0.1) is 22.0 Å². The number of para-hydroxylation sites is 5. The minimum atomic E-state index is -0.302. The number of aryl methyl sites for hydroxylation is 1. The van der Waals surface area contributed by atoms with Crippen LogP contribution < -0.4 is 9.47 Å². The summed E-state index contributed by atoms with van der Waals surface area (Å²) in [6, 6.07) is 111. The Balaban J connectivity index is 0.000000153. The Morgan fingerprint density at radius 2 is 0.893 bits per heavy atom. The van der Waals surface area contributed by atoms with E-state index in [1.54, 1.807) is 48.2 Å². The van der Waals surface area contributed by atoms with Gasteiger partial charge >= 0.3 is 5.97 Å². The number of ether oxygens (including phenoxy) is 3. The second-order valence-corrected chi connectivity index (χ2v) is 35.3. The van der Waals surface area contributed by atoms with Gasteiger partial charge < -0.3 is 49.2 Å². The summed E-state index contributed by atoms with van der Waals surface area (Å²) in [6.45, 7) is 22.4. The molecule has 6 N–H and O–H groups in total. The normalized spacial score (nSPS) is 11.4. The number of aromatic nitrogens is 5. The lowest BCUT2D eigenvalue weighted by Crippen LogP contribution is -2.17. The van der Waals surface area contributed by atoms with E-state index >= 15 is 0 Å². The molecule has 14 aromatic carbocycles. The number of imidazole rings is 2. The highest BCUT2D eigenvalue weighted by Gasteiger charge is 2.27. The van der Waals surface area contributed by atoms with Gasteiger partial charge in [-0.25, -0.2) is 14.8 Å². The number of carbonyl (C=O) groups excluding carboxylic acids is 2. The van der Waals surface area contributed by atoms with E-state index in [4.69, 9.17) is 19.4 Å². The summed E-state index contributed by atoms with van der Waals surface area (Å²) in [5.74, 6) is 3.14. The van der Waals surface area contributed by atoms with E-state index in [0.717, 1.165) is 123 Å². The number of H-pyrrole nitrogens is 2. The summed E-state index contributed by atoms with van der Waals surface area (Å²) in [6.07, 6.45) is 4.59. The molecule has 18 heteroatoms. The number of nitrogens with zero attached hydrogens (tertiary/aromatic N) is 6. The van der Waals surface area contributed by atoms with Gasteiger partial charge in [-0.1, -0.05) is 317 Å². The van der Waals surface area contributed by atoms with E-state index in [0.29, 0.717) is 60.1 Å². The summed E-state index contributed by atoms with van der Waals surface area (Å²) in [7, 11) is 3.24. The molecule has 0 saturated heterocycles. The number of rotatable bonds is 21. The van der Waals surface area contributed by atoms with Gasteiger partial charge in [0.2, 0.25) is 0 Å². The molecule has 0 unspecified atom stereocenters. The maximum absolute atomic E-state index is 12.0. The predicted molar refractivity (Wildman–Crippen MR) is 535 cm³/mol. The van der Waals surface area contributed by atoms with Crippen LogP contribution in [0, 0.1) is 0 Å². The molecule has 0 aliphatic carbocycles. The van der Waals surface area contributed by atoms with Crippen molar-refractivity contribution < 1.29 is 44.2 Å². The van der Waals surface area contributed by atoms with Crippen molar-refractivity contribution in [3.8, 4) is 113 Å². The van der Waals surface area contributed by atoms with Gasteiger partial charge in [0, 0.05) is 74.4 Å². The van der Waals surface area contributed by atoms with Crippen molar-refractivity contribution in [1.29, 1.82) is 0 Å². The Kier molecular flexibility index (Phi) is 30.8. The van der Waals surface area contributed by atoms with Gasteiger partial charge in [0.25, 0.3) is 0 Å². The molecule has 17 nitrogen and oxygen atoms in total. The Morgan fingerprint density at radius 3 is 1.39 bits per heavy atom. The number of esters is 1. The number of carbonyl (C=O) groups is 2. The highest BCUT2D eigenvalue weighted by atomic mass is 32.2. The fourth-order valence-corrected chi connectivity index (χ4v) is 15.5. The Bertz CT molecular complexity index is 6490. The maximum atomic E-state index is 12.0. The van der Waals surface area contributed by atoms with E-state index in [-0.39, 0.29) is 45.2 Å². The lowest BCUT2D eigenvalue weighted by molar-refractivity contribution is 0.0590. The fraction of sp³-hybridized carbons (Fsp3) is 0.177. The van der Waals surface area contributed by atoms with Crippen molar-refractivity contribution in [2.24, 2.45) is 22.3 Å². The molecule has 0 saturated carbocycles. The van der Waals surface area contributed by atoms with E-state index in [9.17, 15) is 30.0 Å². The average Bonchev–Trinajstić information content (AvgIpc) is 1.75. The van der Waals surface area contributed by atoms with Crippen molar-refractivity contribution >= 4 is 62.8 Å². The molecule has 0 atom stereocenters. The number of methoxy groups -OCH3 is 1. The Hall–Kier alpha value is -15.1. The standard InChI is InChI=1S/C45H36N4O2.C23H31NOS.C22H22O2.C12H10N2O2.C11H11NO2/c1-5-18-32(19-6-1)40-41(33-20-7-2-8-21-33)47-44(46-40)36-26-13-15-28-38(36)50-30-17-31-51-39-29-16-14-27-37(39)45-48-42(34-22-9-3-10-23-34)43(49-45)35-24-11-4-12-25-35;1-22(2,3)18-12-17(21(25)19(13-18)23(4,5)6)15-24-14-16-10-8-9-11-20(16)26-7;1-14(23)19-12-16(22(2,3)4)13-20(21(19)24)18-11-7-9-15-8-5-6-10-17(15)18;15-11-7-3-1-5-9(11)13-14-10-6-2-4-8-12(10)16;1-12-9-6-4-3-5-8(9)7-10(12)11(13)14-2/h1-16,18-29H,17,30-31H2,(H,46,47)(H,48,49);8-13,15,25H,14H2,1-7H3;5-13,24H,1-4H3;1-8,15-16H;3-7H,1-2H3. The molecule has 0 amide bonds. The zero-order valence-corrected chi connectivity index (χ0v) is 77.0.